The van der Waals surface area contributed by atoms with Gasteiger partial charge in [-0.1, -0.05) is 18.9 Å². The number of nitrogens with one attached hydrogen (secondary N) is 1. The van der Waals surface area contributed by atoms with Crippen LogP contribution in [-0.2, 0) is 10.0 Å². The maximum atomic E-state index is 12.2. The zero-order chi connectivity index (χ0) is 15.1. The molecule has 6 heteroatoms. The summed E-state index contributed by atoms with van der Waals surface area (Å²) in [7, 11) is -3.53. The topological polar surface area (TPSA) is 73.2 Å². The number of sulfonamides is 1. The first-order valence-corrected chi connectivity index (χ1v) is 8.82. The van der Waals surface area contributed by atoms with Crippen molar-refractivity contribution >= 4 is 10.0 Å². The minimum Gasteiger partial charge on any atom is -0.302 e. The third-order valence-corrected chi connectivity index (χ3v) is 5.15. The predicted molar refractivity (Wildman–Crippen MR) is 81.3 cm³/mol. The molecule has 0 spiro atoms. The van der Waals surface area contributed by atoms with E-state index in [0.717, 1.165) is 19.6 Å². The first-order valence-electron chi connectivity index (χ1n) is 7.34. The Balaban J connectivity index is 1.90. The van der Waals surface area contributed by atoms with Crippen LogP contribution in [0.1, 0.15) is 31.2 Å². The van der Waals surface area contributed by atoms with Gasteiger partial charge >= 0.3 is 0 Å². The van der Waals surface area contributed by atoms with E-state index >= 15 is 0 Å². The monoisotopic (exact) mass is 307 g/mol. The molecule has 1 aromatic carbocycles. The molecular formula is C15H21N3O2S. The number of benzene rings is 1. The minimum atomic E-state index is -3.53. The summed E-state index contributed by atoms with van der Waals surface area (Å²) in [5, 5.41) is 8.83. The maximum Gasteiger partial charge on any atom is 0.240 e. The van der Waals surface area contributed by atoms with Crippen LogP contribution in [0.5, 0.6) is 0 Å². The second-order valence-electron chi connectivity index (χ2n) is 5.29. The molecule has 0 aliphatic carbocycles. The molecule has 0 radical (unpaired) electrons. The summed E-state index contributed by atoms with van der Waals surface area (Å²) in [4.78, 5) is 2.46. The zero-order valence-corrected chi connectivity index (χ0v) is 12.9. The Labute approximate surface area is 126 Å². The molecule has 1 fully saturated rings. The lowest BCUT2D eigenvalue weighted by Crippen LogP contribution is -2.35. The lowest BCUT2D eigenvalue weighted by Gasteiger charge is -2.19. The zero-order valence-electron chi connectivity index (χ0n) is 12.1. The van der Waals surface area contributed by atoms with E-state index in [1.165, 1.54) is 37.8 Å². The van der Waals surface area contributed by atoms with Crippen molar-refractivity contribution in [3.05, 3.63) is 29.8 Å². The van der Waals surface area contributed by atoms with Gasteiger partial charge in [0, 0.05) is 13.1 Å². The van der Waals surface area contributed by atoms with Crippen molar-refractivity contribution in [3.63, 3.8) is 0 Å². The summed E-state index contributed by atoms with van der Waals surface area (Å²) in [6, 6.07) is 8.04. The number of rotatable bonds is 5. The molecule has 2 rings (SSSR count). The van der Waals surface area contributed by atoms with Gasteiger partial charge in [0.2, 0.25) is 10.0 Å². The number of hydrogen-bond donors (Lipinski definition) is 1. The van der Waals surface area contributed by atoms with Crippen LogP contribution in [0.4, 0.5) is 0 Å². The number of nitrogens with zero attached hydrogens (tertiary/aromatic N) is 2. The molecular weight excluding hydrogens is 286 g/mol. The number of likely N-dealkylation sites (tertiary alicyclic amines) is 1. The molecule has 1 saturated heterocycles. The Bertz CT molecular complexity index is 600. The Morgan fingerprint density at radius 2 is 1.90 bits per heavy atom. The van der Waals surface area contributed by atoms with Gasteiger partial charge in [0.15, 0.2) is 0 Å². The van der Waals surface area contributed by atoms with Gasteiger partial charge in [0.25, 0.3) is 0 Å². The lowest BCUT2D eigenvalue weighted by molar-refractivity contribution is 0.290. The second kappa shape index (κ2) is 7.55. The molecule has 0 saturated carbocycles. The molecule has 0 bridgehead atoms. The van der Waals surface area contributed by atoms with Crippen LogP contribution in [0.3, 0.4) is 0 Å². The first-order chi connectivity index (χ1) is 10.1. The fourth-order valence-electron chi connectivity index (χ4n) is 2.51. The summed E-state index contributed by atoms with van der Waals surface area (Å²) >= 11 is 0. The SMILES string of the molecule is N#Cc1cccc(S(=O)(=O)NCCN2CCCCCC2)c1. The second-order valence-corrected chi connectivity index (χ2v) is 7.06. The molecule has 1 aliphatic heterocycles. The van der Waals surface area contributed by atoms with Gasteiger partial charge in [-0.15, -0.1) is 0 Å². The van der Waals surface area contributed by atoms with Crippen LogP contribution in [0.25, 0.3) is 0 Å². The van der Waals surface area contributed by atoms with Crippen molar-refractivity contribution in [3.8, 4) is 6.07 Å². The van der Waals surface area contributed by atoms with Gasteiger partial charge in [0.05, 0.1) is 16.5 Å². The molecule has 0 aromatic heterocycles. The van der Waals surface area contributed by atoms with Crippen LogP contribution < -0.4 is 4.72 Å². The highest BCUT2D eigenvalue weighted by Crippen LogP contribution is 2.11. The van der Waals surface area contributed by atoms with Crippen molar-refractivity contribution in [1.82, 2.24) is 9.62 Å². The Kier molecular flexibility index (Phi) is 5.74. The molecule has 21 heavy (non-hydrogen) atoms. The van der Waals surface area contributed by atoms with Gasteiger partial charge in [-0.2, -0.15) is 5.26 Å². The van der Waals surface area contributed by atoms with E-state index in [1.54, 1.807) is 12.1 Å². The number of nitriles is 1. The standard InChI is InChI=1S/C15H21N3O2S/c16-13-14-6-5-7-15(12-14)21(19,20)17-8-11-18-9-3-1-2-4-10-18/h5-7,12,17H,1-4,8-11H2. The average Bonchev–Trinajstić information content (AvgIpc) is 2.76. The van der Waals surface area contributed by atoms with E-state index in [4.69, 9.17) is 5.26 Å². The normalized spacial score (nSPS) is 17.1. The molecule has 1 N–H and O–H groups in total. The van der Waals surface area contributed by atoms with Gasteiger partial charge in [-0.25, -0.2) is 13.1 Å². The average molecular weight is 307 g/mol. The maximum absolute atomic E-state index is 12.2. The summed E-state index contributed by atoms with van der Waals surface area (Å²) in [6.07, 6.45) is 4.92. The highest BCUT2D eigenvalue weighted by atomic mass is 32.2. The summed E-state index contributed by atoms with van der Waals surface area (Å²) in [5.74, 6) is 0. The van der Waals surface area contributed by atoms with Crippen molar-refractivity contribution in [2.75, 3.05) is 26.2 Å². The van der Waals surface area contributed by atoms with Gasteiger partial charge in [-0.3, -0.25) is 0 Å². The molecule has 1 aromatic rings. The molecule has 0 atom stereocenters. The third-order valence-electron chi connectivity index (χ3n) is 3.69. The van der Waals surface area contributed by atoms with Crippen molar-refractivity contribution in [1.29, 1.82) is 5.26 Å². The van der Waals surface area contributed by atoms with Crippen LogP contribution in [0, 0.1) is 11.3 Å². The van der Waals surface area contributed by atoms with Gasteiger partial charge < -0.3 is 4.90 Å². The first kappa shape index (κ1) is 16.0. The third kappa shape index (κ3) is 4.81. The molecule has 1 heterocycles. The molecule has 1 aliphatic rings. The largest absolute Gasteiger partial charge is 0.302 e. The van der Waals surface area contributed by atoms with Gasteiger partial charge in [0.1, 0.15) is 0 Å². The van der Waals surface area contributed by atoms with Crippen molar-refractivity contribution in [2.45, 2.75) is 30.6 Å². The van der Waals surface area contributed by atoms with E-state index in [0.29, 0.717) is 12.1 Å². The predicted octanol–water partition coefficient (Wildman–Crippen LogP) is 1.71. The van der Waals surface area contributed by atoms with Crippen molar-refractivity contribution < 1.29 is 8.42 Å². The molecule has 0 amide bonds. The van der Waals surface area contributed by atoms with E-state index < -0.39 is 10.0 Å². The molecule has 114 valence electrons. The van der Waals surface area contributed by atoms with Crippen LogP contribution in [0.2, 0.25) is 0 Å². The van der Waals surface area contributed by atoms with Crippen LogP contribution in [0.15, 0.2) is 29.2 Å². The summed E-state index contributed by atoms with van der Waals surface area (Å²) < 4.78 is 27.0. The van der Waals surface area contributed by atoms with E-state index in [1.807, 2.05) is 6.07 Å². The fraction of sp³-hybridized carbons (Fsp3) is 0.533. The smallest absolute Gasteiger partial charge is 0.240 e. The van der Waals surface area contributed by atoms with Crippen molar-refractivity contribution in [2.24, 2.45) is 0 Å². The highest BCUT2D eigenvalue weighted by Gasteiger charge is 2.15. The molecule has 0 unspecified atom stereocenters. The van der Waals surface area contributed by atoms with E-state index in [-0.39, 0.29) is 4.90 Å². The van der Waals surface area contributed by atoms with E-state index in [9.17, 15) is 8.42 Å². The Morgan fingerprint density at radius 3 is 2.57 bits per heavy atom. The summed E-state index contributed by atoms with van der Waals surface area (Å²) in [6.45, 7) is 3.23. The summed E-state index contributed by atoms with van der Waals surface area (Å²) in [5.41, 5.74) is 0.352. The number of hydrogen-bond acceptors (Lipinski definition) is 4. The van der Waals surface area contributed by atoms with Crippen LogP contribution in [-0.4, -0.2) is 39.5 Å². The van der Waals surface area contributed by atoms with Crippen LogP contribution >= 0.6 is 0 Å². The Morgan fingerprint density at radius 1 is 1.19 bits per heavy atom. The fourth-order valence-corrected chi connectivity index (χ4v) is 3.58. The van der Waals surface area contributed by atoms with E-state index in [2.05, 4.69) is 9.62 Å². The van der Waals surface area contributed by atoms with Gasteiger partial charge in [-0.05, 0) is 44.1 Å². The minimum absolute atomic E-state index is 0.150. The quantitative estimate of drug-likeness (QED) is 0.899. The Hall–Kier alpha value is -1.42. The lowest BCUT2D eigenvalue weighted by atomic mass is 10.2. The molecule has 5 nitrogen and oxygen atoms in total. The highest BCUT2D eigenvalue weighted by molar-refractivity contribution is 7.89.